The molecule has 1 aliphatic rings. The van der Waals surface area contributed by atoms with Gasteiger partial charge in [0.25, 0.3) is 5.91 Å². The fourth-order valence-electron chi connectivity index (χ4n) is 4.08. The molecule has 0 spiro atoms. The van der Waals surface area contributed by atoms with Gasteiger partial charge in [0, 0.05) is 18.7 Å². The lowest BCUT2D eigenvalue weighted by Crippen LogP contribution is -2.47. The smallest absolute Gasteiger partial charge is 0.416 e. The summed E-state index contributed by atoms with van der Waals surface area (Å²) < 4.78 is 69.6. The van der Waals surface area contributed by atoms with Gasteiger partial charge >= 0.3 is 6.18 Å². The van der Waals surface area contributed by atoms with Gasteiger partial charge in [0.2, 0.25) is 0 Å². The number of methoxy groups -OCH3 is 1. The van der Waals surface area contributed by atoms with E-state index in [-0.39, 0.29) is 16.7 Å². The molecular weight excluding hydrogens is 443 g/mol. The van der Waals surface area contributed by atoms with E-state index in [1.165, 1.54) is 13.2 Å². The van der Waals surface area contributed by atoms with Gasteiger partial charge in [0.15, 0.2) is 9.84 Å². The standard InChI is InChI=1S/C23H26F3NO4S/c1-22(2,32(29,30)20-9-5-7-18(15-20)23(24,25)26)17-10-12-27(13-11-17)21(28)16-6-4-8-19(14-16)31-3/h4-9,14-15,17H,10-13H2,1-3H3. The highest BCUT2D eigenvalue weighted by atomic mass is 32.2. The van der Waals surface area contributed by atoms with E-state index < -0.39 is 26.3 Å². The Kier molecular flexibility index (Phi) is 6.60. The lowest BCUT2D eigenvalue weighted by Gasteiger charge is -2.40. The molecule has 0 radical (unpaired) electrons. The summed E-state index contributed by atoms with van der Waals surface area (Å²) in [5, 5.41) is 0. The number of ether oxygens (including phenoxy) is 1. The van der Waals surface area contributed by atoms with Gasteiger partial charge in [-0.05, 0) is 69.0 Å². The van der Waals surface area contributed by atoms with Crippen molar-refractivity contribution in [2.45, 2.75) is 42.5 Å². The van der Waals surface area contributed by atoms with E-state index in [2.05, 4.69) is 0 Å². The van der Waals surface area contributed by atoms with E-state index in [1.54, 1.807) is 43.0 Å². The minimum absolute atomic E-state index is 0.166. The Morgan fingerprint density at radius 3 is 2.25 bits per heavy atom. The van der Waals surface area contributed by atoms with Crippen LogP contribution in [0.25, 0.3) is 0 Å². The van der Waals surface area contributed by atoms with Crippen molar-refractivity contribution in [2.75, 3.05) is 20.2 Å². The quantitative estimate of drug-likeness (QED) is 0.630. The Balaban J connectivity index is 1.76. The van der Waals surface area contributed by atoms with Gasteiger partial charge in [0.05, 0.1) is 22.3 Å². The molecular formula is C23H26F3NO4S. The molecule has 0 N–H and O–H groups in total. The van der Waals surface area contributed by atoms with Crippen LogP contribution in [-0.4, -0.2) is 44.2 Å². The molecule has 1 saturated heterocycles. The van der Waals surface area contributed by atoms with Crippen molar-refractivity contribution in [3.05, 3.63) is 59.7 Å². The predicted molar refractivity (Wildman–Crippen MR) is 114 cm³/mol. The van der Waals surface area contributed by atoms with Gasteiger partial charge in [-0.3, -0.25) is 4.79 Å². The Bertz CT molecular complexity index is 1090. The van der Waals surface area contributed by atoms with Crippen LogP contribution in [0.3, 0.4) is 0 Å². The monoisotopic (exact) mass is 469 g/mol. The van der Waals surface area contributed by atoms with Crippen LogP contribution in [0.2, 0.25) is 0 Å². The van der Waals surface area contributed by atoms with Crippen molar-refractivity contribution < 1.29 is 31.1 Å². The Morgan fingerprint density at radius 2 is 1.66 bits per heavy atom. The summed E-state index contributed by atoms with van der Waals surface area (Å²) in [5.74, 6) is 0.0938. The molecule has 2 aromatic rings. The van der Waals surface area contributed by atoms with Gasteiger partial charge in [-0.1, -0.05) is 12.1 Å². The zero-order chi connectivity index (χ0) is 23.7. The molecule has 0 aromatic heterocycles. The highest BCUT2D eigenvalue weighted by molar-refractivity contribution is 7.92. The lowest BCUT2D eigenvalue weighted by atomic mass is 9.85. The van der Waals surface area contributed by atoms with Crippen LogP contribution in [-0.2, 0) is 16.0 Å². The summed E-state index contributed by atoms with van der Waals surface area (Å²) in [4.78, 5) is 14.1. The van der Waals surface area contributed by atoms with E-state index in [9.17, 15) is 26.4 Å². The van der Waals surface area contributed by atoms with Crippen molar-refractivity contribution in [3.63, 3.8) is 0 Å². The summed E-state index contributed by atoms with van der Waals surface area (Å²) in [7, 11) is -2.52. The fourth-order valence-corrected chi connectivity index (χ4v) is 5.90. The molecule has 0 aliphatic carbocycles. The second-order valence-corrected chi connectivity index (χ2v) is 11.0. The zero-order valence-electron chi connectivity index (χ0n) is 18.1. The van der Waals surface area contributed by atoms with E-state index in [0.29, 0.717) is 43.3 Å². The number of nitrogens with zero attached hydrogens (tertiary/aromatic N) is 1. The van der Waals surface area contributed by atoms with Crippen LogP contribution < -0.4 is 4.74 Å². The summed E-state index contributed by atoms with van der Waals surface area (Å²) >= 11 is 0. The highest BCUT2D eigenvalue weighted by Crippen LogP contribution is 2.39. The normalized spacial score (nSPS) is 16.1. The first kappa shape index (κ1) is 24.1. The molecule has 1 amide bonds. The molecule has 32 heavy (non-hydrogen) atoms. The zero-order valence-corrected chi connectivity index (χ0v) is 19.0. The Hall–Kier alpha value is -2.55. The lowest BCUT2D eigenvalue weighted by molar-refractivity contribution is -0.137. The molecule has 3 rings (SSSR count). The predicted octanol–water partition coefficient (Wildman–Crippen LogP) is 4.82. The topological polar surface area (TPSA) is 63.7 Å². The van der Waals surface area contributed by atoms with Crippen molar-refractivity contribution in [3.8, 4) is 5.75 Å². The minimum Gasteiger partial charge on any atom is -0.497 e. The summed E-state index contributed by atoms with van der Waals surface area (Å²) in [6, 6.07) is 10.7. The second kappa shape index (κ2) is 8.77. The number of amides is 1. The van der Waals surface area contributed by atoms with Gasteiger partial charge in [-0.15, -0.1) is 0 Å². The number of halogens is 3. The number of carbonyl (C=O) groups excluding carboxylic acids is 1. The van der Waals surface area contributed by atoms with Crippen molar-refractivity contribution in [1.82, 2.24) is 4.90 Å². The third kappa shape index (κ3) is 4.62. The van der Waals surface area contributed by atoms with E-state index in [0.717, 1.165) is 12.1 Å². The van der Waals surface area contributed by atoms with Crippen LogP contribution in [0.4, 0.5) is 13.2 Å². The number of rotatable bonds is 5. The maximum absolute atomic E-state index is 13.3. The number of carbonyl (C=O) groups is 1. The average molecular weight is 470 g/mol. The van der Waals surface area contributed by atoms with E-state index in [1.807, 2.05) is 0 Å². The number of hydrogen-bond donors (Lipinski definition) is 0. The molecule has 0 atom stereocenters. The average Bonchev–Trinajstić information content (AvgIpc) is 2.78. The number of likely N-dealkylation sites (tertiary alicyclic amines) is 1. The molecule has 174 valence electrons. The van der Waals surface area contributed by atoms with Crippen LogP contribution in [0.1, 0.15) is 42.6 Å². The molecule has 0 saturated carbocycles. The molecule has 1 heterocycles. The molecule has 1 aliphatic heterocycles. The molecule has 1 fully saturated rings. The van der Waals surface area contributed by atoms with Gasteiger partial charge < -0.3 is 9.64 Å². The van der Waals surface area contributed by atoms with Crippen molar-refractivity contribution in [1.29, 1.82) is 0 Å². The molecule has 0 bridgehead atoms. The Labute approximate surface area is 186 Å². The number of benzene rings is 2. The third-order valence-electron chi connectivity index (χ3n) is 6.25. The van der Waals surface area contributed by atoms with Crippen LogP contribution in [0.15, 0.2) is 53.4 Å². The number of piperidine rings is 1. The molecule has 2 aromatic carbocycles. The minimum atomic E-state index is -4.62. The van der Waals surface area contributed by atoms with Crippen LogP contribution >= 0.6 is 0 Å². The van der Waals surface area contributed by atoms with Crippen molar-refractivity contribution >= 4 is 15.7 Å². The van der Waals surface area contributed by atoms with E-state index in [4.69, 9.17) is 4.74 Å². The first-order chi connectivity index (χ1) is 14.9. The maximum atomic E-state index is 13.3. The second-order valence-electron chi connectivity index (χ2n) is 8.43. The number of hydrogen-bond acceptors (Lipinski definition) is 4. The van der Waals surface area contributed by atoms with Gasteiger partial charge in [-0.25, -0.2) is 8.42 Å². The molecule has 9 heteroatoms. The third-order valence-corrected chi connectivity index (χ3v) is 8.84. The van der Waals surface area contributed by atoms with E-state index >= 15 is 0 Å². The van der Waals surface area contributed by atoms with Gasteiger partial charge in [-0.2, -0.15) is 13.2 Å². The Morgan fingerprint density at radius 1 is 1.03 bits per heavy atom. The fraction of sp³-hybridized carbons (Fsp3) is 0.435. The first-order valence-corrected chi connectivity index (χ1v) is 11.7. The summed E-state index contributed by atoms with van der Waals surface area (Å²) in [5.41, 5.74) is -0.508. The SMILES string of the molecule is COc1cccc(C(=O)N2CCC(C(C)(C)S(=O)(=O)c3cccc(C(F)(F)F)c3)CC2)c1. The highest BCUT2D eigenvalue weighted by Gasteiger charge is 2.45. The van der Waals surface area contributed by atoms with Crippen molar-refractivity contribution in [2.24, 2.45) is 5.92 Å². The molecule has 5 nitrogen and oxygen atoms in total. The first-order valence-electron chi connectivity index (χ1n) is 10.2. The van der Waals surface area contributed by atoms with Crippen LogP contribution in [0, 0.1) is 5.92 Å². The number of sulfone groups is 1. The largest absolute Gasteiger partial charge is 0.497 e. The van der Waals surface area contributed by atoms with Crippen LogP contribution in [0.5, 0.6) is 5.75 Å². The molecule has 0 unspecified atom stereocenters. The summed E-state index contributed by atoms with van der Waals surface area (Å²) in [6.07, 6.45) is -3.76. The van der Waals surface area contributed by atoms with Gasteiger partial charge in [0.1, 0.15) is 5.75 Å². The number of alkyl halides is 3. The maximum Gasteiger partial charge on any atom is 0.416 e. The summed E-state index contributed by atoms with van der Waals surface area (Å²) in [6.45, 7) is 3.82.